The molecule has 2 aliphatic rings. The summed E-state index contributed by atoms with van der Waals surface area (Å²) in [6.45, 7) is 2.32. The van der Waals surface area contributed by atoms with Crippen LogP contribution in [0.25, 0.3) is 0 Å². The normalized spacial score (nSPS) is 28.9. The van der Waals surface area contributed by atoms with E-state index in [0.717, 1.165) is 6.04 Å². The lowest BCUT2D eigenvalue weighted by Crippen LogP contribution is -2.54. The van der Waals surface area contributed by atoms with E-state index >= 15 is 0 Å². The monoisotopic (exact) mass is 249 g/mol. The quantitative estimate of drug-likeness (QED) is 0.831. The predicted octanol–water partition coefficient (Wildman–Crippen LogP) is 4.51. The molecule has 94 valence electrons. The van der Waals surface area contributed by atoms with Crippen LogP contribution in [0.3, 0.4) is 0 Å². The minimum Gasteiger partial charge on any atom is -0.307 e. The van der Waals surface area contributed by atoms with E-state index in [2.05, 4.69) is 29.1 Å². The van der Waals surface area contributed by atoms with Crippen LogP contribution in [-0.2, 0) is 0 Å². The summed E-state index contributed by atoms with van der Waals surface area (Å²) in [7, 11) is 0. The molecule has 1 aromatic rings. The third-order valence-electron chi connectivity index (χ3n) is 5.01. The molecule has 1 spiro atoms. The Bertz CT molecular complexity index is 351. The van der Waals surface area contributed by atoms with E-state index in [1.54, 1.807) is 0 Å². The lowest BCUT2D eigenvalue weighted by Gasteiger charge is -2.53. The summed E-state index contributed by atoms with van der Waals surface area (Å²) < 4.78 is 0. The second-order valence-corrected chi connectivity index (χ2v) is 6.74. The van der Waals surface area contributed by atoms with Gasteiger partial charge in [0, 0.05) is 12.1 Å². The van der Waals surface area contributed by atoms with Crippen LogP contribution in [0.2, 0.25) is 0 Å². The highest BCUT2D eigenvalue weighted by Gasteiger charge is 2.46. The molecule has 0 saturated heterocycles. The standard InChI is InChI=1S/C15H23NS/c1-12(13-6-10-17-11-13)16-14-5-9-15(14)7-3-2-4-8-15/h6,10-12,14,16H,2-5,7-9H2,1H3. The molecule has 3 rings (SSSR count). The van der Waals surface area contributed by atoms with Crippen LogP contribution in [0.5, 0.6) is 0 Å². The molecule has 2 fully saturated rings. The van der Waals surface area contributed by atoms with Crippen molar-refractivity contribution < 1.29 is 0 Å². The minimum absolute atomic E-state index is 0.533. The summed E-state index contributed by atoms with van der Waals surface area (Å²) in [5.41, 5.74) is 2.15. The zero-order chi connectivity index (χ0) is 11.7. The van der Waals surface area contributed by atoms with Gasteiger partial charge in [-0.05, 0) is 60.4 Å². The number of hydrogen-bond acceptors (Lipinski definition) is 2. The van der Waals surface area contributed by atoms with Gasteiger partial charge in [0.2, 0.25) is 0 Å². The van der Waals surface area contributed by atoms with Crippen molar-refractivity contribution in [1.29, 1.82) is 0 Å². The molecule has 2 aliphatic carbocycles. The first kappa shape index (κ1) is 11.7. The number of thiophene rings is 1. The summed E-state index contributed by atoms with van der Waals surface area (Å²) in [6, 6.07) is 3.58. The van der Waals surface area contributed by atoms with Gasteiger partial charge in [0.1, 0.15) is 0 Å². The highest BCUT2D eigenvalue weighted by Crippen LogP contribution is 2.52. The number of nitrogens with one attached hydrogen (secondary N) is 1. The van der Waals surface area contributed by atoms with Crippen molar-refractivity contribution in [2.45, 2.75) is 64.0 Å². The van der Waals surface area contributed by atoms with Crippen LogP contribution in [0.1, 0.15) is 63.5 Å². The van der Waals surface area contributed by atoms with Crippen molar-refractivity contribution >= 4 is 11.3 Å². The molecule has 0 bridgehead atoms. The molecule has 0 aliphatic heterocycles. The Labute approximate surface area is 109 Å². The van der Waals surface area contributed by atoms with E-state index in [0.29, 0.717) is 11.5 Å². The van der Waals surface area contributed by atoms with Crippen molar-refractivity contribution in [3.63, 3.8) is 0 Å². The summed E-state index contributed by atoms with van der Waals surface area (Å²) in [4.78, 5) is 0. The maximum absolute atomic E-state index is 3.89. The molecular weight excluding hydrogens is 226 g/mol. The number of hydrogen-bond donors (Lipinski definition) is 1. The average Bonchev–Trinajstić information content (AvgIpc) is 2.89. The van der Waals surface area contributed by atoms with E-state index in [-0.39, 0.29) is 0 Å². The SMILES string of the molecule is CC(NC1CCC12CCCCC2)c1ccsc1. The summed E-state index contributed by atoms with van der Waals surface area (Å²) in [6.07, 6.45) is 10.2. The first-order valence-electron chi connectivity index (χ1n) is 7.08. The van der Waals surface area contributed by atoms with Gasteiger partial charge in [-0.3, -0.25) is 0 Å². The molecule has 0 aromatic carbocycles. The van der Waals surface area contributed by atoms with Crippen molar-refractivity contribution in [2.24, 2.45) is 5.41 Å². The van der Waals surface area contributed by atoms with Crippen molar-refractivity contribution in [1.82, 2.24) is 5.32 Å². The molecule has 0 radical (unpaired) electrons. The van der Waals surface area contributed by atoms with Crippen molar-refractivity contribution in [3.05, 3.63) is 22.4 Å². The highest BCUT2D eigenvalue weighted by atomic mass is 32.1. The molecule has 1 nitrogen and oxygen atoms in total. The maximum Gasteiger partial charge on any atom is 0.0302 e. The van der Waals surface area contributed by atoms with Crippen LogP contribution in [0.4, 0.5) is 0 Å². The Morgan fingerprint density at radius 1 is 1.29 bits per heavy atom. The van der Waals surface area contributed by atoms with Gasteiger partial charge >= 0.3 is 0 Å². The molecule has 2 atom stereocenters. The molecule has 0 amide bonds. The average molecular weight is 249 g/mol. The van der Waals surface area contributed by atoms with Gasteiger partial charge in [0.05, 0.1) is 0 Å². The zero-order valence-electron chi connectivity index (χ0n) is 10.7. The van der Waals surface area contributed by atoms with E-state index in [9.17, 15) is 0 Å². The second kappa shape index (κ2) is 4.74. The highest BCUT2D eigenvalue weighted by molar-refractivity contribution is 7.07. The Kier molecular flexibility index (Phi) is 3.27. The van der Waals surface area contributed by atoms with Crippen LogP contribution in [0, 0.1) is 5.41 Å². The van der Waals surface area contributed by atoms with Gasteiger partial charge in [0.15, 0.2) is 0 Å². The van der Waals surface area contributed by atoms with Crippen LogP contribution in [-0.4, -0.2) is 6.04 Å². The third-order valence-corrected chi connectivity index (χ3v) is 5.72. The Morgan fingerprint density at radius 2 is 2.12 bits per heavy atom. The predicted molar refractivity (Wildman–Crippen MR) is 74.4 cm³/mol. The van der Waals surface area contributed by atoms with Crippen LogP contribution in [0.15, 0.2) is 16.8 Å². The first-order chi connectivity index (χ1) is 8.30. The van der Waals surface area contributed by atoms with Gasteiger partial charge in [-0.1, -0.05) is 19.3 Å². The van der Waals surface area contributed by atoms with Crippen molar-refractivity contribution in [2.75, 3.05) is 0 Å². The summed E-state index contributed by atoms with van der Waals surface area (Å²) in [5.74, 6) is 0. The summed E-state index contributed by atoms with van der Waals surface area (Å²) in [5, 5.41) is 8.35. The minimum atomic E-state index is 0.533. The van der Waals surface area contributed by atoms with Gasteiger partial charge < -0.3 is 5.32 Å². The third kappa shape index (κ3) is 2.17. The van der Waals surface area contributed by atoms with Crippen LogP contribution < -0.4 is 5.32 Å². The molecule has 2 unspecified atom stereocenters. The fourth-order valence-corrected chi connectivity index (χ4v) is 4.48. The molecule has 17 heavy (non-hydrogen) atoms. The van der Waals surface area contributed by atoms with Gasteiger partial charge in [-0.25, -0.2) is 0 Å². The topological polar surface area (TPSA) is 12.0 Å². The lowest BCUT2D eigenvalue weighted by molar-refractivity contribution is 0.0175. The molecule has 2 saturated carbocycles. The van der Waals surface area contributed by atoms with Crippen LogP contribution >= 0.6 is 11.3 Å². The number of rotatable bonds is 3. The van der Waals surface area contributed by atoms with E-state index in [1.165, 1.54) is 50.5 Å². The smallest absolute Gasteiger partial charge is 0.0302 e. The zero-order valence-corrected chi connectivity index (χ0v) is 11.6. The van der Waals surface area contributed by atoms with E-state index in [1.807, 2.05) is 11.3 Å². The largest absolute Gasteiger partial charge is 0.307 e. The molecule has 1 aromatic heterocycles. The Hall–Kier alpha value is -0.340. The van der Waals surface area contributed by atoms with E-state index in [4.69, 9.17) is 0 Å². The fraction of sp³-hybridized carbons (Fsp3) is 0.733. The van der Waals surface area contributed by atoms with Gasteiger partial charge in [0.25, 0.3) is 0 Å². The molecule has 1 N–H and O–H groups in total. The molecule has 1 heterocycles. The lowest BCUT2D eigenvalue weighted by atomic mass is 9.57. The van der Waals surface area contributed by atoms with Gasteiger partial charge in [-0.2, -0.15) is 11.3 Å². The maximum atomic E-state index is 3.89. The van der Waals surface area contributed by atoms with Crippen molar-refractivity contribution in [3.8, 4) is 0 Å². The Balaban J connectivity index is 1.62. The van der Waals surface area contributed by atoms with E-state index < -0.39 is 0 Å². The molecular formula is C15H23NS. The second-order valence-electron chi connectivity index (χ2n) is 5.96. The summed E-state index contributed by atoms with van der Waals surface area (Å²) >= 11 is 1.81. The van der Waals surface area contributed by atoms with Gasteiger partial charge in [-0.15, -0.1) is 0 Å². The molecule has 2 heteroatoms. The first-order valence-corrected chi connectivity index (χ1v) is 8.03. The Morgan fingerprint density at radius 3 is 2.71 bits per heavy atom. The fourth-order valence-electron chi connectivity index (χ4n) is 3.73.